The third-order valence-electron chi connectivity index (χ3n) is 7.81. The highest BCUT2D eigenvalue weighted by molar-refractivity contribution is 6.09. The van der Waals surface area contributed by atoms with Crippen molar-refractivity contribution in [3.8, 4) is 11.5 Å². The van der Waals surface area contributed by atoms with Crippen molar-refractivity contribution in [3.05, 3.63) is 83.9 Å². The normalized spacial score (nSPS) is 13.3. The summed E-state index contributed by atoms with van der Waals surface area (Å²) in [5.74, 6) is 0.782. The summed E-state index contributed by atoms with van der Waals surface area (Å²) in [6.45, 7) is 3.97. The second-order valence-corrected chi connectivity index (χ2v) is 10.8. The number of benzene rings is 3. The lowest BCUT2D eigenvalue weighted by atomic mass is 10.1. The number of anilines is 2. The lowest BCUT2D eigenvalue weighted by Crippen LogP contribution is -2.47. The molecule has 1 aliphatic rings. The van der Waals surface area contributed by atoms with Gasteiger partial charge in [0.1, 0.15) is 11.5 Å². The molecule has 43 heavy (non-hydrogen) atoms. The van der Waals surface area contributed by atoms with Crippen LogP contribution < -0.4 is 19.3 Å². The molecule has 0 bridgehead atoms. The van der Waals surface area contributed by atoms with Gasteiger partial charge in [-0.05, 0) is 62.7 Å². The molecular formula is C34H42N4O5. The summed E-state index contributed by atoms with van der Waals surface area (Å²) in [6.07, 6.45) is 3.10. The van der Waals surface area contributed by atoms with Crippen LogP contribution in [0, 0.1) is 0 Å². The van der Waals surface area contributed by atoms with Gasteiger partial charge in [-0.3, -0.25) is 14.4 Å². The average Bonchev–Trinajstić information content (AvgIpc) is 3.05. The van der Waals surface area contributed by atoms with E-state index in [4.69, 9.17) is 9.47 Å². The fraction of sp³-hybridized carbons (Fsp3) is 0.382. The highest BCUT2D eigenvalue weighted by Gasteiger charge is 2.23. The van der Waals surface area contributed by atoms with E-state index in [0.717, 1.165) is 45.4 Å². The van der Waals surface area contributed by atoms with Crippen LogP contribution in [0.5, 0.6) is 11.5 Å². The Balaban J connectivity index is 1.33. The molecule has 9 nitrogen and oxygen atoms in total. The molecule has 9 heteroatoms. The molecule has 4 rings (SSSR count). The van der Waals surface area contributed by atoms with Gasteiger partial charge in [0, 0.05) is 64.0 Å². The van der Waals surface area contributed by atoms with Gasteiger partial charge in [0.15, 0.2) is 0 Å². The molecule has 3 amide bonds. The number of rotatable bonds is 12. The highest BCUT2D eigenvalue weighted by atomic mass is 16.5. The van der Waals surface area contributed by atoms with E-state index in [2.05, 4.69) is 11.9 Å². The maximum absolute atomic E-state index is 13.6. The number of carbonyl (C=O) groups excluding carboxylic acids is 3. The van der Waals surface area contributed by atoms with E-state index >= 15 is 0 Å². The number of hydrogen-bond donors (Lipinski definition) is 0. The van der Waals surface area contributed by atoms with Gasteiger partial charge < -0.3 is 29.1 Å². The summed E-state index contributed by atoms with van der Waals surface area (Å²) in [4.78, 5) is 46.3. The first kappa shape index (κ1) is 31.6. The van der Waals surface area contributed by atoms with E-state index in [1.807, 2.05) is 47.4 Å². The molecule has 1 heterocycles. The van der Waals surface area contributed by atoms with Crippen molar-refractivity contribution < 1.29 is 23.9 Å². The van der Waals surface area contributed by atoms with Gasteiger partial charge in [0.05, 0.1) is 25.0 Å². The summed E-state index contributed by atoms with van der Waals surface area (Å²) < 4.78 is 11.7. The smallest absolute Gasteiger partial charge is 0.261 e. The van der Waals surface area contributed by atoms with Crippen molar-refractivity contribution in [1.82, 2.24) is 9.80 Å². The van der Waals surface area contributed by atoms with Gasteiger partial charge in [-0.1, -0.05) is 30.3 Å². The van der Waals surface area contributed by atoms with E-state index in [9.17, 15) is 14.4 Å². The Morgan fingerprint density at radius 3 is 2.19 bits per heavy atom. The Morgan fingerprint density at radius 2 is 1.47 bits per heavy atom. The van der Waals surface area contributed by atoms with Crippen molar-refractivity contribution in [1.29, 1.82) is 0 Å². The molecule has 0 unspecified atom stereocenters. The van der Waals surface area contributed by atoms with Crippen LogP contribution in [-0.4, -0.2) is 88.6 Å². The molecule has 0 saturated carbocycles. The van der Waals surface area contributed by atoms with E-state index in [0.29, 0.717) is 47.0 Å². The number of unbranched alkanes of at least 4 members (excludes halogenated alkanes) is 2. The van der Waals surface area contributed by atoms with Crippen molar-refractivity contribution >= 4 is 29.1 Å². The Morgan fingerprint density at radius 1 is 0.767 bits per heavy atom. The quantitative estimate of drug-likeness (QED) is 0.279. The van der Waals surface area contributed by atoms with Crippen LogP contribution in [0.2, 0.25) is 0 Å². The standard InChI is InChI=1S/C34H42N4O5/c1-35-20-22-38(23-21-35)32(39)17-9-6-12-24-43-30-16-11-10-15-29(30)37(3)34(41)28-19-18-27(25-31(28)42-4)36(2)33(40)26-13-7-5-8-14-26/h5,7-8,10-11,13-16,18-19,25H,6,9,12,17,20-24H2,1-4H3. The number of carbonyl (C=O) groups is 3. The molecule has 1 fully saturated rings. The van der Waals surface area contributed by atoms with Gasteiger partial charge in [0.2, 0.25) is 5.91 Å². The number of amides is 3. The van der Waals surface area contributed by atoms with E-state index in [-0.39, 0.29) is 17.7 Å². The van der Waals surface area contributed by atoms with Gasteiger partial charge in [-0.2, -0.15) is 0 Å². The van der Waals surface area contributed by atoms with Gasteiger partial charge in [-0.15, -0.1) is 0 Å². The fourth-order valence-electron chi connectivity index (χ4n) is 5.05. The van der Waals surface area contributed by atoms with Crippen molar-refractivity contribution in [3.63, 3.8) is 0 Å². The second-order valence-electron chi connectivity index (χ2n) is 10.8. The Bertz CT molecular complexity index is 1390. The average molecular weight is 587 g/mol. The first-order valence-electron chi connectivity index (χ1n) is 14.8. The molecule has 228 valence electrons. The lowest BCUT2D eigenvalue weighted by molar-refractivity contribution is -0.132. The monoisotopic (exact) mass is 586 g/mol. The summed E-state index contributed by atoms with van der Waals surface area (Å²) >= 11 is 0. The minimum atomic E-state index is -0.265. The van der Waals surface area contributed by atoms with E-state index in [1.54, 1.807) is 49.3 Å². The maximum atomic E-state index is 13.6. The molecule has 0 aromatic heterocycles. The fourth-order valence-corrected chi connectivity index (χ4v) is 5.05. The Hall–Kier alpha value is -4.37. The number of ether oxygens (including phenoxy) is 2. The molecule has 0 N–H and O–H groups in total. The number of piperazine rings is 1. The Labute approximate surface area is 254 Å². The zero-order valence-electron chi connectivity index (χ0n) is 25.6. The number of para-hydroxylation sites is 2. The summed E-state index contributed by atoms with van der Waals surface area (Å²) in [5.41, 5.74) is 2.19. The lowest BCUT2D eigenvalue weighted by Gasteiger charge is -2.32. The number of nitrogens with zero attached hydrogens (tertiary/aromatic N) is 4. The third-order valence-corrected chi connectivity index (χ3v) is 7.81. The van der Waals surface area contributed by atoms with Crippen LogP contribution in [0.15, 0.2) is 72.8 Å². The van der Waals surface area contributed by atoms with E-state index in [1.165, 1.54) is 12.0 Å². The first-order valence-corrected chi connectivity index (χ1v) is 14.8. The van der Waals surface area contributed by atoms with Crippen LogP contribution in [0.1, 0.15) is 46.4 Å². The molecule has 0 atom stereocenters. The summed E-state index contributed by atoms with van der Waals surface area (Å²) in [6, 6.07) is 21.6. The topological polar surface area (TPSA) is 82.6 Å². The molecule has 0 radical (unpaired) electrons. The maximum Gasteiger partial charge on any atom is 0.261 e. The SMILES string of the molecule is COc1cc(N(C)C(=O)c2ccccc2)ccc1C(=O)N(C)c1ccccc1OCCCCCC(=O)N1CCN(C)CC1. The minimum Gasteiger partial charge on any atom is -0.496 e. The highest BCUT2D eigenvalue weighted by Crippen LogP contribution is 2.32. The molecule has 0 aliphatic carbocycles. The first-order chi connectivity index (χ1) is 20.8. The summed E-state index contributed by atoms with van der Waals surface area (Å²) in [5, 5.41) is 0. The zero-order valence-corrected chi connectivity index (χ0v) is 25.6. The molecule has 3 aromatic carbocycles. The van der Waals surface area contributed by atoms with Gasteiger partial charge >= 0.3 is 0 Å². The van der Waals surface area contributed by atoms with E-state index < -0.39 is 0 Å². The van der Waals surface area contributed by atoms with Crippen LogP contribution in [0.25, 0.3) is 0 Å². The zero-order chi connectivity index (χ0) is 30.8. The molecule has 1 saturated heterocycles. The van der Waals surface area contributed by atoms with Crippen LogP contribution in [-0.2, 0) is 4.79 Å². The number of hydrogen-bond acceptors (Lipinski definition) is 6. The predicted octanol–water partition coefficient (Wildman–Crippen LogP) is 4.96. The van der Waals surface area contributed by atoms with Crippen LogP contribution >= 0.6 is 0 Å². The van der Waals surface area contributed by atoms with Crippen molar-refractivity contribution in [2.75, 3.05) is 70.8 Å². The van der Waals surface area contributed by atoms with Crippen molar-refractivity contribution in [2.45, 2.75) is 25.7 Å². The molecular weight excluding hydrogens is 544 g/mol. The van der Waals surface area contributed by atoms with Crippen LogP contribution in [0.4, 0.5) is 11.4 Å². The molecule has 1 aliphatic heterocycles. The van der Waals surface area contributed by atoms with Gasteiger partial charge in [-0.25, -0.2) is 0 Å². The van der Waals surface area contributed by atoms with Crippen LogP contribution in [0.3, 0.4) is 0 Å². The Kier molecular flexibility index (Phi) is 11.2. The largest absolute Gasteiger partial charge is 0.496 e. The van der Waals surface area contributed by atoms with Crippen molar-refractivity contribution in [2.24, 2.45) is 0 Å². The second kappa shape index (κ2) is 15.2. The number of methoxy groups -OCH3 is 1. The third kappa shape index (κ3) is 8.14. The molecule has 0 spiro atoms. The predicted molar refractivity (Wildman–Crippen MR) is 169 cm³/mol. The molecule has 3 aromatic rings. The summed E-state index contributed by atoms with van der Waals surface area (Å²) in [7, 11) is 6.98. The minimum absolute atomic E-state index is 0.161. The van der Waals surface area contributed by atoms with Gasteiger partial charge in [0.25, 0.3) is 11.8 Å². The number of likely N-dealkylation sites (N-methyl/N-ethyl adjacent to an activating group) is 1.